The molecule has 38 heavy (non-hydrogen) atoms. The SMILES string of the molecule is CC[C@H]1CN(c2ncc(C#N)cn2)C[C@H]1Nc1c(C(N)=O)cnn2cc(-c3ccc(=O)n(C(F)F)c3)cc12. The average molecular weight is 520 g/mol. The summed E-state index contributed by atoms with van der Waals surface area (Å²) in [6, 6.07) is 6.13. The number of fused-ring (bicyclic) bond motifs is 1. The Labute approximate surface area is 215 Å². The topological polar surface area (TPSA) is 147 Å². The van der Waals surface area contributed by atoms with Gasteiger partial charge in [0.15, 0.2) is 0 Å². The lowest BCUT2D eigenvalue weighted by atomic mass is 10.00. The van der Waals surface area contributed by atoms with E-state index in [2.05, 4.69) is 27.3 Å². The molecule has 3 N–H and O–H groups in total. The molecule has 5 rings (SSSR count). The summed E-state index contributed by atoms with van der Waals surface area (Å²) in [4.78, 5) is 34.7. The third-order valence-corrected chi connectivity index (χ3v) is 6.73. The molecular weight excluding hydrogens is 496 g/mol. The van der Waals surface area contributed by atoms with E-state index in [1.165, 1.54) is 29.2 Å². The van der Waals surface area contributed by atoms with Crippen LogP contribution in [0.3, 0.4) is 0 Å². The summed E-state index contributed by atoms with van der Waals surface area (Å²) in [5.74, 6) is 0.00270. The van der Waals surface area contributed by atoms with Crippen molar-refractivity contribution >= 4 is 23.1 Å². The number of pyridine rings is 1. The number of halogens is 2. The van der Waals surface area contributed by atoms with Crippen molar-refractivity contribution in [3.8, 4) is 17.2 Å². The van der Waals surface area contributed by atoms with Crippen molar-refractivity contribution in [3.63, 3.8) is 0 Å². The first kappa shape index (κ1) is 24.8. The highest BCUT2D eigenvalue weighted by molar-refractivity contribution is 6.02. The number of hydrogen-bond donors (Lipinski definition) is 2. The van der Waals surface area contributed by atoms with Crippen molar-refractivity contribution in [3.05, 3.63) is 70.7 Å². The molecule has 0 aromatic carbocycles. The Balaban J connectivity index is 1.52. The van der Waals surface area contributed by atoms with Gasteiger partial charge >= 0.3 is 6.55 Å². The summed E-state index contributed by atoms with van der Waals surface area (Å²) in [5.41, 5.74) is 7.32. The molecule has 1 aliphatic rings. The number of nitrogens with two attached hydrogens (primary N) is 1. The van der Waals surface area contributed by atoms with Crippen molar-refractivity contribution in [1.29, 1.82) is 5.26 Å². The molecule has 5 heterocycles. The standard InChI is InChI=1S/C25H23F2N9O2/c1-2-15-10-34(25-30-7-14(6-28)8-31-25)13-19(15)33-22-18(23(29)38)9-32-36-12-17(5-20(22)36)16-3-4-21(37)35(11-16)24(26)27/h3-5,7-9,11-12,15,19,24,33H,2,10,13H2,1H3,(H2,29,38)/t15-,19+/m0/s1. The summed E-state index contributed by atoms with van der Waals surface area (Å²) in [6.07, 6.45) is 7.85. The van der Waals surface area contributed by atoms with E-state index in [1.54, 1.807) is 12.3 Å². The second kappa shape index (κ2) is 9.89. The highest BCUT2D eigenvalue weighted by Gasteiger charge is 2.34. The van der Waals surface area contributed by atoms with Gasteiger partial charge in [-0.2, -0.15) is 19.1 Å². The number of primary amides is 1. The zero-order chi connectivity index (χ0) is 27.0. The van der Waals surface area contributed by atoms with Gasteiger partial charge in [-0.1, -0.05) is 6.92 Å². The van der Waals surface area contributed by atoms with E-state index in [1.807, 2.05) is 11.0 Å². The van der Waals surface area contributed by atoms with Crippen LogP contribution in [0.5, 0.6) is 0 Å². The number of anilines is 2. The molecule has 0 radical (unpaired) electrons. The van der Waals surface area contributed by atoms with Gasteiger partial charge in [-0.15, -0.1) is 0 Å². The number of aromatic nitrogens is 5. The van der Waals surface area contributed by atoms with E-state index >= 15 is 0 Å². The van der Waals surface area contributed by atoms with Crippen LogP contribution in [0.2, 0.25) is 0 Å². The number of amides is 1. The first-order valence-corrected chi connectivity index (χ1v) is 11.8. The Hall–Kier alpha value is -4.86. The lowest BCUT2D eigenvalue weighted by molar-refractivity contribution is 0.0665. The average Bonchev–Trinajstić information content (AvgIpc) is 3.53. The molecular formula is C25H23F2N9O2. The largest absolute Gasteiger partial charge is 0.378 e. The van der Waals surface area contributed by atoms with Gasteiger partial charge < -0.3 is 16.0 Å². The van der Waals surface area contributed by atoms with Crippen molar-refractivity contribution in [1.82, 2.24) is 24.1 Å². The third-order valence-electron chi connectivity index (χ3n) is 6.73. The van der Waals surface area contributed by atoms with E-state index in [-0.39, 0.29) is 17.5 Å². The Kier molecular flexibility index (Phi) is 6.46. The maximum absolute atomic E-state index is 13.3. The third kappa shape index (κ3) is 4.52. The van der Waals surface area contributed by atoms with Crippen LogP contribution in [0.15, 0.2) is 54.0 Å². The van der Waals surface area contributed by atoms with Crippen LogP contribution in [0.1, 0.15) is 35.8 Å². The molecule has 1 fully saturated rings. The molecule has 0 spiro atoms. The summed E-state index contributed by atoms with van der Waals surface area (Å²) in [5, 5.41) is 16.8. The second-order valence-corrected chi connectivity index (χ2v) is 9.00. The Morgan fingerprint density at radius 1 is 1.21 bits per heavy atom. The molecule has 1 aliphatic heterocycles. The monoisotopic (exact) mass is 519 g/mol. The molecule has 2 atom stereocenters. The first-order valence-electron chi connectivity index (χ1n) is 11.8. The highest BCUT2D eigenvalue weighted by atomic mass is 19.3. The van der Waals surface area contributed by atoms with Crippen LogP contribution in [0.4, 0.5) is 20.4 Å². The number of nitrogens with zero attached hydrogens (tertiary/aromatic N) is 7. The minimum Gasteiger partial charge on any atom is -0.378 e. The first-order chi connectivity index (χ1) is 18.3. The van der Waals surface area contributed by atoms with Crippen molar-refractivity contribution in [2.75, 3.05) is 23.3 Å². The molecule has 4 aromatic rings. The predicted molar refractivity (Wildman–Crippen MR) is 135 cm³/mol. The zero-order valence-electron chi connectivity index (χ0n) is 20.3. The number of nitriles is 1. The molecule has 13 heteroatoms. The molecule has 0 saturated carbocycles. The van der Waals surface area contributed by atoms with Gasteiger partial charge in [0.1, 0.15) is 6.07 Å². The molecule has 0 bridgehead atoms. The fourth-order valence-electron chi connectivity index (χ4n) is 4.72. The minimum absolute atomic E-state index is 0.109. The number of carbonyl (C=O) groups is 1. The van der Waals surface area contributed by atoms with Crippen LogP contribution in [0, 0.1) is 17.2 Å². The van der Waals surface area contributed by atoms with Crippen LogP contribution >= 0.6 is 0 Å². The highest BCUT2D eigenvalue weighted by Crippen LogP contribution is 2.32. The lowest BCUT2D eigenvalue weighted by Crippen LogP contribution is -2.31. The lowest BCUT2D eigenvalue weighted by Gasteiger charge is -2.21. The summed E-state index contributed by atoms with van der Waals surface area (Å²) < 4.78 is 28.4. The molecule has 0 unspecified atom stereocenters. The molecule has 1 amide bonds. The van der Waals surface area contributed by atoms with Crippen LogP contribution in [0.25, 0.3) is 16.6 Å². The number of carbonyl (C=O) groups excluding carboxylic acids is 1. The van der Waals surface area contributed by atoms with E-state index in [9.17, 15) is 18.4 Å². The Morgan fingerprint density at radius 2 is 1.97 bits per heavy atom. The Morgan fingerprint density at radius 3 is 2.63 bits per heavy atom. The van der Waals surface area contributed by atoms with Gasteiger partial charge in [0.2, 0.25) is 5.95 Å². The van der Waals surface area contributed by atoms with Crippen LogP contribution in [-0.4, -0.2) is 49.2 Å². The van der Waals surface area contributed by atoms with E-state index in [0.29, 0.717) is 51.5 Å². The van der Waals surface area contributed by atoms with Gasteiger partial charge in [0, 0.05) is 48.7 Å². The van der Waals surface area contributed by atoms with E-state index < -0.39 is 18.0 Å². The fraction of sp³-hybridized carbons (Fsp3) is 0.280. The van der Waals surface area contributed by atoms with Gasteiger partial charge in [-0.25, -0.2) is 14.5 Å². The zero-order valence-corrected chi connectivity index (χ0v) is 20.3. The molecule has 1 saturated heterocycles. The van der Waals surface area contributed by atoms with E-state index in [4.69, 9.17) is 11.0 Å². The van der Waals surface area contributed by atoms with Crippen molar-refractivity contribution in [2.45, 2.75) is 25.9 Å². The fourth-order valence-corrected chi connectivity index (χ4v) is 4.72. The Bertz CT molecular complexity index is 1610. The number of nitrogens with one attached hydrogen (secondary N) is 1. The maximum Gasteiger partial charge on any atom is 0.321 e. The second-order valence-electron chi connectivity index (χ2n) is 9.00. The normalized spacial score (nSPS) is 17.2. The van der Waals surface area contributed by atoms with Gasteiger partial charge in [-0.3, -0.25) is 14.2 Å². The minimum atomic E-state index is -2.98. The van der Waals surface area contributed by atoms with Gasteiger partial charge in [-0.05, 0) is 24.5 Å². The summed E-state index contributed by atoms with van der Waals surface area (Å²) in [7, 11) is 0. The molecule has 194 valence electrons. The van der Waals surface area contributed by atoms with Gasteiger partial charge in [0.05, 0.1) is 40.9 Å². The van der Waals surface area contributed by atoms with E-state index in [0.717, 1.165) is 18.7 Å². The quantitative estimate of drug-likeness (QED) is 0.379. The number of alkyl halides is 2. The smallest absolute Gasteiger partial charge is 0.321 e. The molecule has 11 nitrogen and oxygen atoms in total. The van der Waals surface area contributed by atoms with Gasteiger partial charge in [0.25, 0.3) is 11.5 Å². The molecule has 4 aromatic heterocycles. The number of hydrogen-bond acceptors (Lipinski definition) is 8. The summed E-state index contributed by atoms with van der Waals surface area (Å²) >= 11 is 0. The predicted octanol–water partition coefficient (Wildman–Crippen LogP) is 2.65. The van der Waals surface area contributed by atoms with Crippen LogP contribution < -0.4 is 21.5 Å². The van der Waals surface area contributed by atoms with Crippen molar-refractivity contribution in [2.24, 2.45) is 11.7 Å². The van der Waals surface area contributed by atoms with Crippen molar-refractivity contribution < 1.29 is 13.6 Å². The molecule has 0 aliphatic carbocycles. The summed E-state index contributed by atoms with van der Waals surface area (Å²) in [6.45, 7) is 0.277. The maximum atomic E-state index is 13.3. The van der Waals surface area contributed by atoms with Crippen LogP contribution in [-0.2, 0) is 0 Å². The number of rotatable bonds is 7.